The van der Waals surface area contributed by atoms with Crippen molar-refractivity contribution in [2.24, 2.45) is 0 Å². The summed E-state index contributed by atoms with van der Waals surface area (Å²) >= 11 is 0. The van der Waals surface area contributed by atoms with E-state index in [9.17, 15) is 9.59 Å². The first-order valence-corrected chi connectivity index (χ1v) is 11.6. The second-order valence-corrected chi connectivity index (χ2v) is 8.07. The van der Waals surface area contributed by atoms with E-state index in [0.29, 0.717) is 17.7 Å². The molecule has 0 radical (unpaired) electrons. The first-order valence-electron chi connectivity index (χ1n) is 11.6. The second kappa shape index (κ2) is 16.3. The highest BCUT2D eigenvalue weighted by Crippen LogP contribution is 2.14. The smallest absolute Gasteiger partial charge is 0.228 e. The van der Waals surface area contributed by atoms with E-state index in [1.54, 1.807) is 24.3 Å². The lowest BCUT2D eigenvalue weighted by molar-refractivity contribution is -0.115. The van der Waals surface area contributed by atoms with Crippen molar-refractivity contribution in [1.29, 1.82) is 0 Å². The van der Waals surface area contributed by atoms with Gasteiger partial charge in [0.15, 0.2) is 0 Å². The molecule has 2 N–H and O–H groups in total. The number of unbranched alkanes of at least 4 members (excludes halogenated alkanes) is 14. The Morgan fingerprint density at radius 2 is 1.04 bits per heavy atom. The molecular formula is C25H41NO2. The highest BCUT2D eigenvalue weighted by Gasteiger charge is 2.15. The number of carbonyl (C=O) groups is 2. The molecule has 0 saturated heterocycles. The molecule has 1 rings (SSSR count). The highest BCUT2D eigenvalue weighted by atomic mass is 16.2. The molecule has 0 bridgehead atoms. The van der Waals surface area contributed by atoms with E-state index in [0.717, 1.165) is 12.8 Å². The van der Waals surface area contributed by atoms with Gasteiger partial charge in [-0.05, 0) is 30.7 Å². The average molecular weight is 388 g/mol. The Morgan fingerprint density at radius 1 is 0.643 bits per heavy atom. The number of hydrogen-bond acceptors (Lipinski definition) is 3. The molecule has 3 nitrogen and oxygen atoms in total. The van der Waals surface area contributed by atoms with Crippen LogP contribution in [0.5, 0.6) is 0 Å². The van der Waals surface area contributed by atoms with Gasteiger partial charge in [-0.25, -0.2) is 0 Å². The number of Topliss-reactive ketones (excluding diaryl/α,β-unsaturated/α-hetero) is 2. The first-order chi connectivity index (χ1) is 13.6. The quantitative estimate of drug-likeness (QED) is 0.125. The second-order valence-electron chi connectivity index (χ2n) is 8.07. The molecule has 0 aliphatic rings. The molecule has 0 aliphatic carbocycles. The normalized spacial score (nSPS) is 10.9. The molecular weight excluding hydrogens is 346 g/mol. The molecule has 0 atom stereocenters. The van der Waals surface area contributed by atoms with Crippen LogP contribution >= 0.6 is 0 Å². The minimum Gasteiger partial charge on any atom is -0.399 e. The van der Waals surface area contributed by atoms with Crippen LogP contribution in [0.2, 0.25) is 0 Å². The summed E-state index contributed by atoms with van der Waals surface area (Å²) < 4.78 is 0. The SMILES string of the molecule is CCCCCCCCCCCCCCCCCC(=O)C(=O)c1ccc(N)cc1. The van der Waals surface area contributed by atoms with Crippen LogP contribution in [0.1, 0.15) is 120 Å². The van der Waals surface area contributed by atoms with Crippen molar-refractivity contribution in [3.8, 4) is 0 Å². The number of nitrogen functional groups attached to an aromatic ring is 1. The Labute approximate surface area is 172 Å². The number of carbonyl (C=O) groups excluding carboxylic acids is 2. The van der Waals surface area contributed by atoms with Gasteiger partial charge in [0.1, 0.15) is 0 Å². The van der Waals surface area contributed by atoms with Crippen molar-refractivity contribution >= 4 is 17.3 Å². The monoisotopic (exact) mass is 387 g/mol. The minimum absolute atomic E-state index is 0.278. The number of hydrogen-bond donors (Lipinski definition) is 1. The van der Waals surface area contributed by atoms with E-state index < -0.39 is 0 Å². The van der Waals surface area contributed by atoms with Crippen LogP contribution < -0.4 is 5.73 Å². The van der Waals surface area contributed by atoms with Crippen LogP contribution in [-0.4, -0.2) is 11.6 Å². The maximum Gasteiger partial charge on any atom is 0.228 e. The molecule has 0 unspecified atom stereocenters. The summed E-state index contributed by atoms with van der Waals surface area (Å²) in [4.78, 5) is 24.0. The van der Waals surface area contributed by atoms with Crippen molar-refractivity contribution in [2.75, 3.05) is 5.73 Å². The summed E-state index contributed by atoms with van der Waals surface area (Å²) in [6, 6.07) is 6.58. The van der Waals surface area contributed by atoms with E-state index in [2.05, 4.69) is 6.92 Å². The van der Waals surface area contributed by atoms with Crippen molar-refractivity contribution in [1.82, 2.24) is 0 Å². The van der Waals surface area contributed by atoms with Crippen LogP contribution in [-0.2, 0) is 4.79 Å². The lowest BCUT2D eigenvalue weighted by Gasteiger charge is -2.04. The van der Waals surface area contributed by atoms with E-state index >= 15 is 0 Å². The van der Waals surface area contributed by atoms with Crippen molar-refractivity contribution in [3.63, 3.8) is 0 Å². The molecule has 0 aromatic heterocycles. The molecule has 0 spiro atoms. The summed E-state index contributed by atoms with van der Waals surface area (Å²) in [6.45, 7) is 2.27. The maximum atomic E-state index is 12.0. The Balaban J connectivity index is 1.89. The zero-order valence-electron chi connectivity index (χ0n) is 18.0. The van der Waals surface area contributed by atoms with Gasteiger partial charge in [0.05, 0.1) is 0 Å². The van der Waals surface area contributed by atoms with Gasteiger partial charge in [-0.1, -0.05) is 96.8 Å². The Bertz CT molecular complexity index is 536. The fourth-order valence-corrected chi connectivity index (χ4v) is 3.57. The molecule has 0 heterocycles. The van der Waals surface area contributed by atoms with Gasteiger partial charge in [-0.3, -0.25) is 9.59 Å². The minimum atomic E-state index is -0.384. The first kappa shape index (κ1) is 24.4. The third kappa shape index (κ3) is 11.9. The van der Waals surface area contributed by atoms with Crippen molar-refractivity contribution in [2.45, 2.75) is 110 Å². The van der Waals surface area contributed by atoms with Gasteiger partial charge < -0.3 is 5.73 Å². The fraction of sp³-hybridized carbons (Fsp3) is 0.680. The summed E-state index contributed by atoms with van der Waals surface area (Å²) in [5.41, 5.74) is 6.65. The van der Waals surface area contributed by atoms with Gasteiger partial charge in [-0.15, -0.1) is 0 Å². The molecule has 28 heavy (non-hydrogen) atoms. The van der Waals surface area contributed by atoms with Crippen LogP contribution in [0.15, 0.2) is 24.3 Å². The maximum absolute atomic E-state index is 12.0. The number of nitrogens with two attached hydrogens (primary N) is 1. The number of benzene rings is 1. The van der Waals surface area contributed by atoms with Gasteiger partial charge in [0.2, 0.25) is 11.6 Å². The van der Waals surface area contributed by atoms with E-state index in [1.807, 2.05) is 0 Å². The number of anilines is 1. The predicted octanol–water partition coefficient (Wildman–Crippen LogP) is 7.28. The molecule has 158 valence electrons. The molecule has 1 aromatic rings. The van der Waals surface area contributed by atoms with Crippen molar-refractivity contribution in [3.05, 3.63) is 29.8 Å². The van der Waals surface area contributed by atoms with E-state index in [4.69, 9.17) is 5.73 Å². The summed E-state index contributed by atoms with van der Waals surface area (Å²) in [5.74, 6) is -0.662. The van der Waals surface area contributed by atoms with Gasteiger partial charge in [-0.2, -0.15) is 0 Å². The van der Waals surface area contributed by atoms with Gasteiger partial charge in [0, 0.05) is 17.7 Å². The fourth-order valence-electron chi connectivity index (χ4n) is 3.57. The Morgan fingerprint density at radius 3 is 1.46 bits per heavy atom. The zero-order chi connectivity index (χ0) is 20.5. The summed E-state index contributed by atoms with van der Waals surface area (Å²) in [5, 5.41) is 0. The highest BCUT2D eigenvalue weighted by molar-refractivity contribution is 6.43. The van der Waals surface area contributed by atoms with Crippen molar-refractivity contribution < 1.29 is 9.59 Å². The van der Waals surface area contributed by atoms with Crippen LogP contribution in [0.4, 0.5) is 5.69 Å². The lowest BCUT2D eigenvalue weighted by atomic mass is 10.0. The largest absolute Gasteiger partial charge is 0.399 e. The third-order valence-electron chi connectivity index (χ3n) is 5.43. The van der Waals surface area contributed by atoms with Gasteiger partial charge in [0.25, 0.3) is 0 Å². The molecule has 0 aliphatic heterocycles. The Kier molecular flexibility index (Phi) is 14.2. The predicted molar refractivity (Wildman–Crippen MR) is 120 cm³/mol. The summed E-state index contributed by atoms with van der Waals surface area (Å²) in [6.07, 6.45) is 19.8. The van der Waals surface area contributed by atoms with Gasteiger partial charge >= 0.3 is 0 Å². The molecule has 0 saturated carbocycles. The third-order valence-corrected chi connectivity index (χ3v) is 5.43. The summed E-state index contributed by atoms with van der Waals surface area (Å²) in [7, 11) is 0. The average Bonchev–Trinajstić information content (AvgIpc) is 2.70. The molecule has 3 heteroatoms. The standard InChI is InChI=1S/C25H41NO2/c1-2-3-4-5-6-7-8-9-10-11-12-13-14-15-16-17-24(27)25(28)22-18-20-23(26)21-19-22/h18-21H,2-17,26H2,1H3. The topological polar surface area (TPSA) is 60.2 Å². The molecule has 0 fully saturated rings. The van der Waals surface area contributed by atoms with E-state index in [1.165, 1.54) is 83.5 Å². The van der Waals surface area contributed by atoms with Crippen LogP contribution in [0.25, 0.3) is 0 Å². The molecule has 1 aromatic carbocycles. The lowest BCUT2D eigenvalue weighted by Crippen LogP contribution is -2.13. The number of rotatable bonds is 18. The van der Waals surface area contributed by atoms with Crippen LogP contribution in [0.3, 0.4) is 0 Å². The van der Waals surface area contributed by atoms with Crippen LogP contribution in [0, 0.1) is 0 Å². The zero-order valence-corrected chi connectivity index (χ0v) is 18.0. The number of ketones is 2. The Hall–Kier alpha value is -1.64. The van der Waals surface area contributed by atoms with E-state index in [-0.39, 0.29) is 11.6 Å². The molecule has 0 amide bonds.